The van der Waals surface area contributed by atoms with Gasteiger partial charge in [0, 0.05) is 13.1 Å². The highest BCUT2D eigenvalue weighted by atomic mass is 15.2. The molecule has 0 amide bonds. The van der Waals surface area contributed by atoms with Gasteiger partial charge in [-0.05, 0) is 6.54 Å². The SMILES string of the molecule is CCN1CC[N+](=C(N)N)CC1. The molecule has 64 valence electrons. The van der Waals surface area contributed by atoms with Crippen LogP contribution in [0.5, 0.6) is 0 Å². The first-order valence-corrected chi connectivity index (χ1v) is 4.09. The quantitative estimate of drug-likeness (QED) is 0.364. The average Bonchev–Trinajstić information content (AvgIpc) is 2.05. The van der Waals surface area contributed by atoms with E-state index in [4.69, 9.17) is 11.5 Å². The van der Waals surface area contributed by atoms with E-state index in [-0.39, 0.29) is 0 Å². The van der Waals surface area contributed by atoms with Gasteiger partial charge in [0.25, 0.3) is 0 Å². The highest BCUT2D eigenvalue weighted by Gasteiger charge is 2.14. The molecule has 1 rings (SSSR count). The lowest BCUT2D eigenvalue weighted by Gasteiger charge is -2.26. The van der Waals surface area contributed by atoms with E-state index in [0.29, 0.717) is 5.96 Å². The van der Waals surface area contributed by atoms with Crippen molar-refractivity contribution in [1.29, 1.82) is 0 Å². The molecule has 1 aliphatic rings. The summed E-state index contributed by atoms with van der Waals surface area (Å²) in [5.74, 6) is 0.459. The Labute approximate surface area is 67.5 Å². The van der Waals surface area contributed by atoms with Gasteiger partial charge in [0.05, 0.1) is 13.1 Å². The number of guanidine groups is 1. The topological polar surface area (TPSA) is 58.3 Å². The van der Waals surface area contributed by atoms with Crippen LogP contribution in [0, 0.1) is 0 Å². The standard InChI is InChI=1S/C7H16N4/c1-2-10-3-5-11(6-4-10)7(8)9/h2-6H2,1H3,(H3,8,9)/p+1. The summed E-state index contributed by atoms with van der Waals surface area (Å²) in [4.78, 5) is 2.39. The van der Waals surface area contributed by atoms with Gasteiger partial charge in [-0.25, -0.2) is 0 Å². The Morgan fingerprint density at radius 2 is 1.91 bits per heavy atom. The largest absolute Gasteiger partial charge is 0.341 e. The molecule has 0 spiro atoms. The summed E-state index contributed by atoms with van der Waals surface area (Å²) in [5.41, 5.74) is 10.9. The smallest absolute Gasteiger partial charge is 0.297 e. The van der Waals surface area contributed by atoms with Gasteiger partial charge in [0.2, 0.25) is 0 Å². The molecule has 1 aliphatic heterocycles. The van der Waals surface area contributed by atoms with Crippen molar-refractivity contribution in [2.75, 3.05) is 32.7 Å². The summed E-state index contributed by atoms with van der Waals surface area (Å²) in [7, 11) is 0. The van der Waals surface area contributed by atoms with Crippen LogP contribution in [0.2, 0.25) is 0 Å². The highest BCUT2D eigenvalue weighted by molar-refractivity contribution is 5.70. The first-order valence-electron chi connectivity index (χ1n) is 4.09. The zero-order chi connectivity index (χ0) is 8.27. The second-order valence-corrected chi connectivity index (χ2v) is 2.85. The van der Waals surface area contributed by atoms with Crippen LogP contribution >= 0.6 is 0 Å². The number of likely N-dealkylation sites (N-methyl/N-ethyl adjacent to an activating group) is 1. The number of hydrogen-bond acceptors (Lipinski definition) is 1. The van der Waals surface area contributed by atoms with Crippen molar-refractivity contribution in [3.05, 3.63) is 0 Å². The molecule has 0 unspecified atom stereocenters. The van der Waals surface area contributed by atoms with E-state index in [1.54, 1.807) is 0 Å². The highest BCUT2D eigenvalue weighted by Crippen LogP contribution is 1.94. The zero-order valence-corrected chi connectivity index (χ0v) is 7.08. The van der Waals surface area contributed by atoms with Crippen LogP contribution in [-0.4, -0.2) is 48.2 Å². The van der Waals surface area contributed by atoms with Gasteiger partial charge < -0.3 is 0 Å². The van der Waals surface area contributed by atoms with Crippen molar-refractivity contribution in [1.82, 2.24) is 4.90 Å². The third-order valence-electron chi connectivity index (χ3n) is 2.18. The molecule has 0 atom stereocenters. The van der Waals surface area contributed by atoms with Crippen molar-refractivity contribution in [2.24, 2.45) is 11.5 Å². The fraction of sp³-hybridized carbons (Fsp3) is 0.857. The number of hydrogen-bond donors (Lipinski definition) is 2. The summed E-state index contributed by atoms with van der Waals surface area (Å²) in [6, 6.07) is 0. The molecular formula is C7H17N4+. The van der Waals surface area contributed by atoms with E-state index in [1.807, 2.05) is 4.58 Å². The lowest BCUT2D eigenvalue weighted by Crippen LogP contribution is -2.47. The normalized spacial score (nSPS) is 20.3. The minimum atomic E-state index is 0.459. The molecule has 4 N–H and O–H groups in total. The fourth-order valence-corrected chi connectivity index (χ4v) is 1.32. The second-order valence-electron chi connectivity index (χ2n) is 2.85. The van der Waals surface area contributed by atoms with Crippen LogP contribution in [-0.2, 0) is 0 Å². The Kier molecular flexibility index (Phi) is 2.70. The second kappa shape index (κ2) is 3.57. The molecule has 1 fully saturated rings. The van der Waals surface area contributed by atoms with Crippen molar-refractivity contribution >= 4 is 5.96 Å². The molecule has 0 aromatic heterocycles. The molecule has 0 saturated carbocycles. The van der Waals surface area contributed by atoms with Gasteiger partial charge in [0.1, 0.15) is 0 Å². The van der Waals surface area contributed by atoms with Gasteiger partial charge in [-0.15, -0.1) is 0 Å². The molecule has 0 aromatic carbocycles. The Balaban J connectivity index is 2.42. The van der Waals surface area contributed by atoms with Crippen LogP contribution in [0.15, 0.2) is 0 Å². The summed E-state index contributed by atoms with van der Waals surface area (Å²) < 4.78 is 2.02. The number of piperazine rings is 1. The van der Waals surface area contributed by atoms with Crippen LogP contribution in [0.1, 0.15) is 6.92 Å². The van der Waals surface area contributed by atoms with Gasteiger partial charge in [-0.1, -0.05) is 6.92 Å². The van der Waals surface area contributed by atoms with E-state index in [0.717, 1.165) is 32.7 Å². The van der Waals surface area contributed by atoms with E-state index in [9.17, 15) is 0 Å². The van der Waals surface area contributed by atoms with Gasteiger partial charge in [-0.3, -0.25) is 20.9 Å². The Bertz CT molecular complexity index is 150. The summed E-state index contributed by atoms with van der Waals surface area (Å²) in [6.45, 7) is 7.39. The maximum absolute atomic E-state index is 5.46. The van der Waals surface area contributed by atoms with Crippen LogP contribution in [0.3, 0.4) is 0 Å². The molecule has 0 bridgehead atoms. The van der Waals surface area contributed by atoms with E-state index < -0.39 is 0 Å². The minimum absolute atomic E-state index is 0.459. The predicted molar refractivity (Wildman–Crippen MR) is 45.5 cm³/mol. The molecule has 1 heterocycles. The number of nitrogens with two attached hydrogens (primary N) is 2. The monoisotopic (exact) mass is 157 g/mol. The predicted octanol–water partition coefficient (Wildman–Crippen LogP) is -1.39. The van der Waals surface area contributed by atoms with Gasteiger partial charge in [0.15, 0.2) is 0 Å². The number of nitrogens with zero attached hydrogens (tertiary/aromatic N) is 2. The zero-order valence-electron chi connectivity index (χ0n) is 7.08. The van der Waals surface area contributed by atoms with E-state index >= 15 is 0 Å². The maximum Gasteiger partial charge on any atom is 0.341 e. The Morgan fingerprint density at radius 3 is 2.27 bits per heavy atom. The third kappa shape index (κ3) is 2.08. The average molecular weight is 157 g/mol. The Morgan fingerprint density at radius 1 is 1.36 bits per heavy atom. The van der Waals surface area contributed by atoms with Crippen molar-refractivity contribution < 1.29 is 4.58 Å². The third-order valence-corrected chi connectivity index (χ3v) is 2.18. The summed E-state index contributed by atoms with van der Waals surface area (Å²) in [5, 5.41) is 0. The van der Waals surface area contributed by atoms with Crippen molar-refractivity contribution in [3.8, 4) is 0 Å². The molecule has 0 radical (unpaired) electrons. The molecule has 4 heteroatoms. The van der Waals surface area contributed by atoms with Crippen molar-refractivity contribution in [2.45, 2.75) is 6.92 Å². The van der Waals surface area contributed by atoms with E-state index in [2.05, 4.69) is 11.8 Å². The number of rotatable bonds is 1. The van der Waals surface area contributed by atoms with Crippen LogP contribution in [0.25, 0.3) is 0 Å². The van der Waals surface area contributed by atoms with Crippen LogP contribution < -0.4 is 11.5 Å². The molecule has 1 saturated heterocycles. The minimum Gasteiger partial charge on any atom is -0.297 e. The van der Waals surface area contributed by atoms with E-state index in [1.165, 1.54) is 0 Å². The first kappa shape index (κ1) is 8.33. The maximum atomic E-state index is 5.46. The molecule has 11 heavy (non-hydrogen) atoms. The lowest BCUT2D eigenvalue weighted by atomic mass is 10.3. The van der Waals surface area contributed by atoms with Crippen molar-refractivity contribution in [3.63, 3.8) is 0 Å². The van der Waals surface area contributed by atoms with Gasteiger partial charge >= 0.3 is 5.96 Å². The molecule has 0 aromatic rings. The molecule has 0 aliphatic carbocycles. The Hall–Kier alpha value is -0.770. The van der Waals surface area contributed by atoms with Gasteiger partial charge in [-0.2, -0.15) is 0 Å². The fourth-order valence-electron chi connectivity index (χ4n) is 1.32. The molecular weight excluding hydrogens is 140 g/mol. The summed E-state index contributed by atoms with van der Waals surface area (Å²) >= 11 is 0. The lowest BCUT2D eigenvalue weighted by molar-refractivity contribution is -0.541. The first-order chi connectivity index (χ1) is 5.24. The molecule has 4 nitrogen and oxygen atoms in total. The van der Waals surface area contributed by atoms with Crippen LogP contribution in [0.4, 0.5) is 0 Å². The summed E-state index contributed by atoms with van der Waals surface area (Å²) in [6.07, 6.45) is 0.